The van der Waals surface area contributed by atoms with Crippen molar-refractivity contribution in [3.8, 4) is 0 Å². The Morgan fingerprint density at radius 2 is 2.00 bits per heavy atom. The highest BCUT2D eigenvalue weighted by Crippen LogP contribution is 2.12. The molecule has 0 atom stereocenters. The Morgan fingerprint density at radius 1 is 1.25 bits per heavy atom. The van der Waals surface area contributed by atoms with Crippen LogP contribution in [0.15, 0.2) is 5.38 Å². The summed E-state index contributed by atoms with van der Waals surface area (Å²) in [5.74, 6) is 0.455. The van der Waals surface area contributed by atoms with Crippen molar-refractivity contribution in [2.24, 2.45) is 0 Å². The van der Waals surface area contributed by atoms with Gasteiger partial charge in [0.15, 0.2) is 0 Å². The maximum absolute atomic E-state index is 5.64. The van der Waals surface area contributed by atoms with Gasteiger partial charge in [-0.1, -0.05) is 0 Å². The van der Waals surface area contributed by atoms with E-state index >= 15 is 0 Å². The molecule has 6 heteroatoms. The third-order valence-electron chi connectivity index (χ3n) is 1.77. The predicted octanol–water partition coefficient (Wildman–Crippen LogP) is 2.06. The second-order valence-corrected chi connectivity index (χ2v) is 4.23. The lowest BCUT2D eigenvalue weighted by atomic mass is 10.6. The lowest BCUT2D eigenvalue weighted by Crippen LogP contribution is -2.08. The average Bonchev–Trinajstić information content (AvgIpc) is 2.76. The zero-order valence-corrected chi connectivity index (χ0v) is 10.9. The number of nitrogens with zero attached hydrogens (tertiary/aromatic N) is 1. The van der Waals surface area contributed by atoms with Crippen molar-refractivity contribution in [1.82, 2.24) is 4.98 Å². The molecule has 0 aromatic carbocycles. The molecule has 92 valence electrons. The van der Waals surface area contributed by atoms with Crippen LogP contribution in [0.2, 0.25) is 0 Å². The number of rotatable bonds is 9. The summed E-state index contributed by atoms with van der Waals surface area (Å²) in [7, 11) is 1.65. The number of hydrogen-bond donors (Lipinski definition) is 0. The van der Waals surface area contributed by atoms with E-state index in [1.807, 2.05) is 5.38 Å². The Balaban J connectivity index is 1.98. The van der Waals surface area contributed by atoms with Gasteiger partial charge in [0.05, 0.1) is 44.6 Å². The first-order valence-corrected chi connectivity index (χ1v) is 6.42. The van der Waals surface area contributed by atoms with Crippen molar-refractivity contribution in [2.75, 3.05) is 33.5 Å². The van der Waals surface area contributed by atoms with E-state index in [1.165, 1.54) is 0 Å². The highest BCUT2D eigenvalue weighted by molar-refractivity contribution is 7.09. The largest absolute Gasteiger partial charge is 0.382 e. The topological polar surface area (TPSA) is 40.6 Å². The Hall–Kier alpha value is -0.200. The van der Waals surface area contributed by atoms with Crippen LogP contribution in [0.5, 0.6) is 0 Å². The van der Waals surface area contributed by atoms with Gasteiger partial charge < -0.3 is 14.2 Å². The zero-order valence-electron chi connectivity index (χ0n) is 9.28. The molecule has 0 saturated carbocycles. The molecule has 0 aliphatic heterocycles. The third-order valence-corrected chi connectivity index (χ3v) is 2.91. The van der Waals surface area contributed by atoms with Crippen LogP contribution in [0, 0.1) is 0 Å². The van der Waals surface area contributed by atoms with Gasteiger partial charge in [0.1, 0.15) is 5.01 Å². The molecular formula is C10H16ClNO3S. The molecule has 0 aliphatic rings. The first-order chi connectivity index (χ1) is 7.86. The third kappa shape index (κ3) is 5.77. The van der Waals surface area contributed by atoms with Gasteiger partial charge in [0.25, 0.3) is 0 Å². The zero-order chi connectivity index (χ0) is 11.6. The fourth-order valence-electron chi connectivity index (χ4n) is 0.998. The number of thiazole rings is 1. The van der Waals surface area contributed by atoms with Crippen molar-refractivity contribution in [1.29, 1.82) is 0 Å². The molecule has 0 amide bonds. The summed E-state index contributed by atoms with van der Waals surface area (Å²) in [6, 6.07) is 0. The molecule has 0 saturated heterocycles. The summed E-state index contributed by atoms with van der Waals surface area (Å²) in [5.41, 5.74) is 0.904. The standard InChI is InChI=1S/C10H16ClNO3S/c1-13-2-3-14-4-5-15-7-10-12-9(6-11)8-16-10/h8H,2-7H2,1H3. The summed E-state index contributed by atoms with van der Waals surface area (Å²) in [4.78, 5) is 4.28. The lowest BCUT2D eigenvalue weighted by molar-refractivity contribution is 0.0199. The van der Waals surface area contributed by atoms with Crippen LogP contribution in [0.25, 0.3) is 0 Å². The molecule has 16 heavy (non-hydrogen) atoms. The van der Waals surface area contributed by atoms with Crippen LogP contribution < -0.4 is 0 Å². The van der Waals surface area contributed by atoms with Crippen LogP contribution in [0.1, 0.15) is 10.7 Å². The predicted molar refractivity (Wildman–Crippen MR) is 64.0 cm³/mol. The molecule has 0 unspecified atom stereocenters. The van der Waals surface area contributed by atoms with Crippen molar-refractivity contribution in [3.05, 3.63) is 16.1 Å². The van der Waals surface area contributed by atoms with Crippen LogP contribution in [-0.4, -0.2) is 38.5 Å². The highest BCUT2D eigenvalue weighted by Gasteiger charge is 2.00. The summed E-state index contributed by atoms with van der Waals surface area (Å²) < 4.78 is 15.5. The molecule has 1 aromatic heterocycles. The normalized spacial score (nSPS) is 10.9. The van der Waals surface area contributed by atoms with Crippen LogP contribution >= 0.6 is 22.9 Å². The fourth-order valence-corrected chi connectivity index (χ4v) is 1.96. The molecule has 0 fully saturated rings. The van der Waals surface area contributed by atoms with Crippen LogP contribution in [0.3, 0.4) is 0 Å². The van der Waals surface area contributed by atoms with Gasteiger partial charge in [-0.3, -0.25) is 0 Å². The molecule has 1 rings (SSSR count). The number of methoxy groups -OCH3 is 1. The second-order valence-electron chi connectivity index (χ2n) is 3.02. The van der Waals surface area contributed by atoms with E-state index in [9.17, 15) is 0 Å². The molecule has 1 aromatic rings. The van der Waals surface area contributed by atoms with Crippen LogP contribution in [-0.2, 0) is 26.7 Å². The first kappa shape index (κ1) is 13.9. The first-order valence-electron chi connectivity index (χ1n) is 5.00. The van der Waals surface area contributed by atoms with Crippen molar-refractivity contribution in [2.45, 2.75) is 12.5 Å². The van der Waals surface area contributed by atoms with Gasteiger partial charge in [0.2, 0.25) is 0 Å². The van der Waals surface area contributed by atoms with Crippen molar-refractivity contribution < 1.29 is 14.2 Å². The smallest absolute Gasteiger partial charge is 0.119 e. The average molecular weight is 266 g/mol. The van der Waals surface area contributed by atoms with Gasteiger partial charge in [-0.25, -0.2) is 4.98 Å². The summed E-state index contributed by atoms with van der Waals surface area (Å²) in [5, 5.41) is 2.90. The molecule has 0 aliphatic carbocycles. The Kier molecular flexibility index (Phi) is 7.71. The molecule has 0 radical (unpaired) electrons. The van der Waals surface area contributed by atoms with E-state index in [2.05, 4.69) is 4.98 Å². The molecule has 0 spiro atoms. The van der Waals surface area contributed by atoms with E-state index in [1.54, 1.807) is 18.4 Å². The maximum Gasteiger partial charge on any atom is 0.119 e. The highest BCUT2D eigenvalue weighted by atomic mass is 35.5. The van der Waals surface area contributed by atoms with Gasteiger partial charge >= 0.3 is 0 Å². The van der Waals surface area contributed by atoms with E-state index in [0.717, 1.165) is 10.7 Å². The van der Waals surface area contributed by atoms with E-state index in [0.29, 0.717) is 38.9 Å². The quantitative estimate of drug-likeness (QED) is 0.506. The molecular weight excluding hydrogens is 250 g/mol. The minimum absolute atomic E-state index is 0.455. The Morgan fingerprint density at radius 3 is 2.69 bits per heavy atom. The summed E-state index contributed by atoms with van der Waals surface area (Å²) in [6.07, 6.45) is 0. The van der Waals surface area contributed by atoms with Gasteiger partial charge in [-0.05, 0) is 0 Å². The monoisotopic (exact) mass is 265 g/mol. The lowest BCUT2D eigenvalue weighted by Gasteiger charge is -2.03. The molecule has 0 bridgehead atoms. The number of halogens is 1. The van der Waals surface area contributed by atoms with Crippen molar-refractivity contribution in [3.63, 3.8) is 0 Å². The number of ether oxygens (including phenoxy) is 3. The SMILES string of the molecule is COCCOCCOCc1nc(CCl)cs1. The van der Waals surface area contributed by atoms with Gasteiger partial charge in [-0.15, -0.1) is 22.9 Å². The van der Waals surface area contributed by atoms with Gasteiger partial charge in [-0.2, -0.15) is 0 Å². The minimum Gasteiger partial charge on any atom is -0.382 e. The van der Waals surface area contributed by atoms with Crippen molar-refractivity contribution >= 4 is 22.9 Å². The Bertz CT molecular complexity index is 283. The van der Waals surface area contributed by atoms with Gasteiger partial charge in [0, 0.05) is 12.5 Å². The van der Waals surface area contributed by atoms with E-state index < -0.39 is 0 Å². The van der Waals surface area contributed by atoms with E-state index in [-0.39, 0.29) is 0 Å². The van der Waals surface area contributed by atoms with E-state index in [4.69, 9.17) is 25.8 Å². The number of alkyl halides is 1. The maximum atomic E-state index is 5.64. The minimum atomic E-state index is 0.455. The molecule has 4 nitrogen and oxygen atoms in total. The molecule has 1 heterocycles. The number of hydrogen-bond acceptors (Lipinski definition) is 5. The van der Waals surface area contributed by atoms with Crippen LogP contribution in [0.4, 0.5) is 0 Å². The number of aromatic nitrogens is 1. The summed E-state index contributed by atoms with van der Waals surface area (Å²) in [6.45, 7) is 2.89. The second kappa shape index (κ2) is 8.90. The fraction of sp³-hybridized carbons (Fsp3) is 0.700. The summed E-state index contributed by atoms with van der Waals surface area (Å²) >= 11 is 7.21. The Labute approximate surface area is 104 Å². The molecule has 0 N–H and O–H groups in total.